The molecule has 0 bridgehead atoms. The van der Waals surface area contributed by atoms with Gasteiger partial charge in [0.05, 0.1) is 23.3 Å². The number of nitrogens with zero attached hydrogens (tertiary/aromatic N) is 3. The SMILES string of the molecule is O=C(CCc1csc(NC(=O)C2C=CC=NC2=O)n1)NCc1nc2ccccc2[nH]1. The summed E-state index contributed by atoms with van der Waals surface area (Å²) < 4.78 is 0. The normalized spacial score (nSPS) is 15.5. The summed E-state index contributed by atoms with van der Waals surface area (Å²) in [4.78, 5) is 51.4. The number of hydrogen-bond donors (Lipinski definition) is 3. The van der Waals surface area contributed by atoms with Gasteiger partial charge in [0.25, 0.3) is 5.91 Å². The first kappa shape index (κ1) is 19.6. The van der Waals surface area contributed by atoms with E-state index in [1.54, 1.807) is 11.5 Å². The van der Waals surface area contributed by atoms with Crippen LogP contribution in [0.3, 0.4) is 0 Å². The van der Waals surface area contributed by atoms with E-state index in [1.807, 2.05) is 24.3 Å². The molecular weight excluding hydrogens is 404 g/mol. The number of thiazole rings is 1. The lowest BCUT2D eigenvalue weighted by atomic mass is 10.1. The van der Waals surface area contributed by atoms with Crippen molar-refractivity contribution in [2.45, 2.75) is 19.4 Å². The third-order valence-electron chi connectivity index (χ3n) is 4.42. The van der Waals surface area contributed by atoms with Gasteiger partial charge in [0.1, 0.15) is 11.7 Å². The smallest absolute Gasteiger partial charge is 0.262 e. The average Bonchev–Trinajstić information content (AvgIpc) is 3.37. The Bertz CT molecular complexity index is 1130. The number of H-pyrrole nitrogens is 1. The number of amides is 3. The van der Waals surface area contributed by atoms with Crippen LogP contribution in [0.15, 0.2) is 46.8 Å². The lowest BCUT2D eigenvalue weighted by Gasteiger charge is -2.09. The maximum Gasteiger partial charge on any atom is 0.262 e. The second kappa shape index (κ2) is 8.78. The molecule has 0 radical (unpaired) electrons. The van der Waals surface area contributed by atoms with Crippen LogP contribution in [0, 0.1) is 5.92 Å². The minimum atomic E-state index is -0.939. The van der Waals surface area contributed by atoms with Crippen molar-refractivity contribution in [2.24, 2.45) is 10.9 Å². The number of aryl methyl sites for hydroxylation is 1. The number of anilines is 1. The molecule has 0 spiro atoms. The highest BCUT2D eigenvalue weighted by Crippen LogP contribution is 2.18. The average molecular weight is 422 g/mol. The van der Waals surface area contributed by atoms with Crippen LogP contribution in [-0.4, -0.2) is 38.9 Å². The van der Waals surface area contributed by atoms with Crippen molar-refractivity contribution in [2.75, 3.05) is 5.32 Å². The molecule has 30 heavy (non-hydrogen) atoms. The zero-order chi connectivity index (χ0) is 20.9. The molecule has 1 aromatic carbocycles. The van der Waals surface area contributed by atoms with Crippen LogP contribution in [0.5, 0.6) is 0 Å². The molecule has 0 fully saturated rings. The summed E-state index contributed by atoms with van der Waals surface area (Å²) in [6.45, 7) is 0.317. The third kappa shape index (κ3) is 4.66. The van der Waals surface area contributed by atoms with Crippen LogP contribution in [-0.2, 0) is 27.3 Å². The van der Waals surface area contributed by atoms with Crippen molar-refractivity contribution >= 4 is 51.4 Å². The Kier molecular flexibility index (Phi) is 5.75. The first-order chi connectivity index (χ1) is 14.6. The molecule has 1 unspecified atom stereocenters. The van der Waals surface area contributed by atoms with Gasteiger partial charge in [0.2, 0.25) is 11.8 Å². The van der Waals surface area contributed by atoms with Crippen molar-refractivity contribution < 1.29 is 14.4 Å². The van der Waals surface area contributed by atoms with Gasteiger partial charge >= 0.3 is 0 Å². The lowest BCUT2D eigenvalue weighted by Crippen LogP contribution is -2.28. The number of para-hydroxylation sites is 2. The molecule has 2 aromatic heterocycles. The highest BCUT2D eigenvalue weighted by molar-refractivity contribution is 7.13. The molecule has 4 rings (SSSR count). The van der Waals surface area contributed by atoms with Gasteiger partial charge in [0.15, 0.2) is 5.13 Å². The van der Waals surface area contributed by atoms with Crippen molar-refractivity contribution in [1.82, 2.24) is 20.3 Å². The van der Waals surface area contributed by atoms with E-state index in [0.29, 0.717) is 29.6 Å². The molecule has 9 nitrogen and oxygen atoms in total. The Balaban J connectivity index is 1.24. The van der Waals surface area contributed by atoms with Gasteiger partial charge in [-0.05, 0) is 24.6 Å². The van der Waals surface area contributed by atoms with Crippen molar-refractivity contribution in [3.05, 3.63) is 53.3 Å². The third-order valence-corrected chi connectivity index (χ3v) is 5.23. The second-order valence-corrected chi connectivity index (χ2v) is 7.45. The molecule has 3 aromatic rings. The molecule has 0 saturated carbocycles. The standard InChI is InChI=1S/C20H18N6O3S/c27-17(22-10-16-24-14-5-1-2-6-15(14)25-16)8-7-12-11-30-20(23-12)26-19(29)13-4-3-9-21-18(13)28/h1-6,9,11,13H,7-8,10H2,(H,22,27)(H,24,25)(H,23,26,29). The predicted molar refractivity (Wildman–Crippen MR) is 113 cm³/mol. The summed E-state index contributed by atoms with van der Waals surface area (Å²) in [6.07, 6.45) is 5.10. The van der Waals surface area contributed by atoms with Crippen molar-refractivity contribution in [3.63, 3.8) is 0 Å². The molecule has 3 heterocycles. The quantitative estimate of drug-likeness (QED) is 0.502. The number of allylic oxidation sites excluding steroid dienone is 1. The van der Waals surface area contributed by atoms with E-state index in [4.69, 9.17) is 0 Å². The fourth-order valence-corrected chi connectivity index (χ4v) is 3.65. The molecule has 3 N–H and O–H groups in total. The van der Waals surface area contributed by atoms with Gasteiger partial charge in [-0.25, -0.2) is 15.0 Å². The topological polar surface area (TPSA) is 129 Å². The first-order valence-corrected chi connectivity index (χ1v) is 10.2. The van der Waals surface area contributed by atoms with E-state index in [1.165, 1.54) is 23.6 Å². The summed E-state index contributed by atoms with van der Waals surface area (Å²) in [7, 11) is 0. The Morgan fingerprint density at radius 2 is 2.07 bits per heavy atom. The monoisotopic (exact) mass is 422 g/mol. The number of aromatic nitrogens is 3. The van der Waals surface area contributed by atoms with Crippen LogP contribution >= 0.6 is 11.3 Å². The number of imidazole rings is 1. The molecule has 0 saturated heterocycles. The molecule has 10 heteroatoms. The van der Waals surface area contributed by atoms with Crippen LogP contribution in [0.2, 0.25) is 0 Å². The maximum atomic E-state index is 12.2. The van der Waals surface area contributed by atoms with E-state index in [-0.39, 0.29) is 12.3 Å². The Hall–Kier alpha value is -3.66. The predicted octanol–water partition coefficient (Wildman–Crippen LogP) is 1.99. The van der Waals surface area contributed by atoms with Gasteiger partial charge < -0.3 is 15.6 Å². The zero-order valence-corrected chi connectivity index (χ0v) is 16.6. The highest BCUT2D eigenvalue weighted by atomic mass is 32.1. The van der Waals surface area contributed by atoms with Crippen molar-refractivity contribution in [1.29, 1.82) is 0 Å². The fourth-order valence-electron chi connectivity index (χ4n) is 2.90. The van der Waals surface area contributed by atoms with E-state index in [9.17, 15) is 14.4 Å². The number of aromatic amines is 1. The largest absolute Gasteiger partial charge is 0.349 e. The minimum absolute atomic E-state index is 0.121. The van der Waals surface area contributed by atoms with Crippen LogP contribution in [0.25, 0.3) is 11.0 Å². The number of hydrogen-bond acceptors (Lipinski definition) is 6. The van der Waals surface area contributed by atoms with Gasteiger partial charge in [-0.3, -0.25) is 14.4 Å². The van der Waals surface area contributed by atoms with Gasteiger partial charge in [0, 0.05) is 18.0 Å². The Morgan fingerprint density at radius 1 is 1.20 bits per heavy atom. The maximum absolute atomic E-state index is 12.2. The number of carbonyl (C=O) groups is 3. The molecule has 3 amide bonds. The summed E-state index contributed by atoms with van der Waals surface area (Å²) in [5.41, 5.74) is 2.48. The number of rotatable bonds is 7. The number of carbonyl (C=O) groups excluding carboxylic acids is 3. The van der Waals surface area contributed by atoms with E-state index in [0.717, 1.165) is 11.0 Å². The summed E-state index contributed by atoms with van der Waals surface area (Å²) in [5.74, 6) is -1.35. The second-order valence-electron chi connectivity index (χ2n) is 6.59. The van der Waals surface area contributed by atoms with E-state index < -0.39 is 17.7 Å². The Labute approximate surface area is 175 Å². The molecule has 1 atom stereocenters. The first-order valence-electron chi connectivity index (χ1n) is 9.29. The zero-order valence-electron chi connectivity index (χ0n) is 15.8. The van der Waals surface area contributed by atoms with Crippen molar-refractivity contribution in [3.8, 4) is 0 Å². The van der Waals surface area contributed by atoms with Crippen LogP contribution < -0.4 is 10.6 Å². The van der Waals surface area contributed by atoms with Gasteiger partial charge in [-0.1, -0.05) is 18.2 Å². The fraction of sp³-hybridized carbons (Fsp3) is 0.200. The lowest BCUT2D eigenvalue weighted by molar-refractivity contribution is -0.128. The number of aliphatic imine (C=N–C) groups is 1. The van der Waals surface area contributed by atoms with E-state index in [2.05, 4.69) is 30.6 Å². The molecule has 1 aliphatic rings. The summed E-state index contributed by atoms with van der Waals surface area (Å²) >= 11 is 1.24. The molecule has 1 aliphatic heterocycles. The molecule has 0 aliphatic carbocycles. The van der Waals surface area contributed by atoms with E-state index >= 15 is 0 Å². The van der Waals surface area contributed by atoms with Gasteiger partial charge in [-0.2, -0.15) is 0 Å². The Morgan fingerprint density at radius 3 is 2.90 bits per heavy atom. The summed E-state index contributed by atoms with van der Waals surface area (Å²) in [5, 5.41) is 7.61. The number of benzene rings is 1. The molecular formula is C20H18N6O3S. The summed E-state index contributed by atoms with van der Waals surface area (Å²) in [6, 6.07) is 7.67. The molecule has 152 valence electrons. The van der Waals surface area contributed by atoms with Crippen LogP contribution in [0.4, 0.5) is 5.13 Å². The van der Waals surface area contributed by atoms with Gasteiger partial charge in [-0.15, -0.1) is 11.3 Å². The van der Waals surface area contributed by atoms with Crippen LogP contribution in [0.1, 0.15) is 17.9 Å². The minimum Gasteiger partial charge on any atom is -0.349 e. The number of dihydropyridines is 1. The number of nitrogens with one attached hydrogen (secondary N) is 3. The highest BCUT2D eigenvalue weighted by Gasteiger charge is 2.25. The number of fused-ring (bicyclic) bond motifs is 1.